The summed E-state index contributed by atoms with van der Waals surface area (Å²) >= 11 is 0. The van der Waals surface area contributed by atoms with Crippen LogP contribution in [0, 0.1) is 0 Å². The Morgan fingerprint density at radius 3 is 2.72 bits per heavy atom. The molecule has 8 nitrogen and oxygen atoms in total. The number of nitrogens with one attached hydrogen (secondary N) is 1. The van der Waals surface area contributed by atoms with Gasteiger partial charge in [-0.1, -0.05) is 19.1 Å². The molecule has 1 aliphatic heterocycles. The van der Waals surface area contributed by atoms with Crippen molar-refractivity contribution in [3.05, 3.63) is 52.6 Å². The lowest BCUT2D eigenvalue weighted by molar-refractivity contribution is -0.117. The van der Waals surface area contributed by atoms with Crippen molar-refractivity contribution in [3.63, 3.8) is 0 Å². The molecule has 2 aromatic heterocycles. The molecule has 4 rings (SSSR count). The SMILES string of the molecule is CCc1ccc(NC(=O)Cn2nc3nc(N4CCCC[C@@H]4C)ccn3c2=O)cc1. The van der Waals surface area contributed by atoms with Gasteiger partial charge in [-0.05, 0) is 56.4 Å². The molecule has 152 valence electrons. The first-order chi connectivity index (χ1) is 14.0. The number of hydrogen-bond acceptors (Lipinski definition) is 5. The number of fused-ring (bicyclic) bond motifs is 1. The van der Waals surface area contributed by atoms with Crippen LogP contribution in [-0.4, -0.2) is 37.7 Å². The van der Waals surface area contributed by atoms with Gasteiger partial charge in [-0.25, -0.2) is 13.9 Å². The molecule has 3 heterocycles. The highest BCUT2D eigenvalue weighted by Gasteiger charge is 2.21. The average molecular weight is 394 g/mol. The summed E-state index contributed by atoms with van der Waals surface area (Å²) in [6.45, 7) is 5.06. The van der Waals surface area contributed by atoms with E-state index in [0.717, 1.165) is 36.3 Å². The molecular formula is C21H26N6O2. The van der Waals surface area contributed by atoms with Crippen LogP contribution in [0.5, 0.6) is 0 Å². The zero-order valence-electron chi connectivity index (χ0n) is 16.8. The van der Waals surface area contributed by atoms with Gasteiger partial charge in [-0.15, -0.1) is 5.10 Å². The summed E-state index contributed by atoms with van der Waals surface area (Å²) in [5.41, 5.74) is 1.52. The molecular weight excluding hydrogens is 368 g/mol. The molecule has 29 heavy (non-hydrogen) atoms. The van der Waals surface area contributed by atoms with E-state index in [0.29, 0.717) is 17.5 Å². The number of anilines is 2. The van der Waals surface area contributed by atoms with Crippen LogP contribution in [-0.2, 0) is 17.8 Å². The standard InChI is InChI=1S/C21H26N6O2/c1-3-16-7-9-17(10-8-16)22-19(28)14-27-21(29)26-13-11-18(23-20(26)24-27)25-12-5-4-6-15(25)2/h7-11,13,15H,3-6,12,14H2,1-2H3,(H,22,28)/t15-/m0/s1. The van der Waals surface area contributed by atoms with Crippen molar-refractivity contribution in [2.45, 2.75) is 52.1 Å². The van der Waals surface area contributed by atoms with Crippen LogP contribution in [0.3, 0.4) is 0 Å². The molecule has 0 aliphatic carbocycles. The van der Waals surface area contributed by atoms with Crippen molar-refractivity contribution in [1.29, 1.82) is 0 Å². The van der Waals surface area contributed by atoms with Crippen LogP contribution in [0.15, 0.2) is 41.3 Å². The number of carbonyl (C=O) groups excluding carboxylic acids is 1. The molecule has 3 aromatic rings. The molecule has 1 amide bonds. The molecule has 0 saturated carbocycles. The Morgan fingerprint density at radius 2 is 2.00 bits per heavy atom. The second kappa shape index (κ2) is 8.06. The molecule has 1 N–H and O–H groups in total. The van der Waals surface area contributed by atoms with E-state index in [-0.39, 0.29) is 18.1 Å². The predicted octanol–water partition coefficient (Wildman–Crippen LogP) is 2.47. The van der Waals surface area contributed by atoms with Gasteiger partial charge in [0, 0.05) is 24.5 Å². The summed E-state index contributed by atoms with van der Waals surface area (Å²) in [7, 11) is 0. The molecule has 1 saturated heterocycles. The van der Waals surface area contributed by atoms with Crippen molar-refractivity contribution in [1.82, 2.24) is 19.2 Å². The second-order valence-corrected chi connectivity index (χ2v) is 7.53. The number of aryl methyl sites for hydroxylation is 1. The smallest absolute Gasteiger partial charge is 0.352 e. The quantitative estimate of drug-likeness (QED) is 0.719. The number of aromatic nitrogens is 4. The molecule has 0 unspecified atom stereocenters. The lowest BCUT2D eigenvalue weighted by atomic mass is 10.0. The van der Waals surface area contributed by atoms with Crippen molar-refractivity contribution < 1.29 is 4.79 Å². The molecule has 1 atom stereocenters. The van der Waals surface area contributed by atoms with Crippen LogP contribution < -0.4 is 15.9 Å². The second-order valence-electron chi connectivity index (χ2n) is 7.53. The van der Waals surface area contributed by atoms with E-state index in [9.17, 15) is 9.59 Å². The van der Waals surface area contributed by atoms with E-state index in [1.165, 1.54) is 16.4 Å². The highest BCUT2D eigenvalue weighted by atomic mass is 16.2. The van der Waals surface area contributed by atoms with E-state index in [1.54, 1.807) is 6.20 Å². The third-order valence-corrected chi connectivity index (χ3v) is 5.48. The molecule has 0 bridgehead atoms. The maximum Gasteiger partial charge on any atom is 0.352 e. The Balaban J connectivity index is 1.52. The molecule has 1 fully saturated rings. The fourth-order valence-corrected chi connectivity index (χ4v) is 3.76. The van der Waals surface area contributed by atoms with Crippen LogP contribution in [0.4, 0.5) is 11.5 Å². The number of hydrogen-bond donors (Lipinski definition) is 1. The van der Waals surface area contributed by atoms with Crippen molar-refractivity contribution in [2.75, 3.05) is 16.8 Å². The minimum atomic E-state index is -0.373. The summed E-state index contributed by atoms with van der Waals surface area (Å²) < 4.78 is 2.53. The van der Waals surface area contributed by atoms with E-state index in [1.807, 2.05) is 30.3 Å². The summed E-state index contributed by atoms with van der Waals surface area (Å²) in [4.78, 5) is 31.8. The minimum absolute atomic E-state index is 0.160. The van der Waals surface area contributed by atoms with Crippen molar-refractivity contribution in [3.8, 4) is 0 Å². The molecule has 1 aromatic carbocycles. The van der Waals surface area contributed by atoms with Gasteiger partial charge < -0.3 is 10.2 Å². The van der Waals surface area contributed by atoms with Gasteiger partial charge in [0.2, 0.25) is 5.91 Å². The van der Waals surface area contributed by atoms with E-state index in [2.05, 4.69) is 34.1 Å². The number of piperidine rings is 1. The van der Waals surface area contributed by atoms with Gasteiger partial charge in [0.1, 0.15) is 12.4 Å². The summed E-state index contributed by atoms with van der Waals surface area (Å²) in [6, 6.07) is 9.92. The van der Waals surface area contributed by atoms with Gasteiger partial charge in [0.25, 0.3) is 5.78 Å². The van der Waals surface area contributed by atoms with Crippen molar-refractivity contribution in [2.24, 2.45) is 0 Å². The highest BCUT2D eigenvalue weighted by molar-refractivity contribution is 5.90. The number of carbonyl (C=O) groups is 1. The first-order valence-corrected chi connectivity index (χ1v) is 10.2. The topological polar surface area (TPSA) is 84.5 Å². The fraction of sp³-hybridized carbons (Fsp3) is 0.429. The Kier molecular flexibility index (Phi) is 5.33. The van der Waals surface area contributed by atoms with Crippen LogP contribution in [0.1, 0.15) is 38.7 Å². The maximum atomic E-state index is 12.6. The summed E-state index contributed by atoms with van der Waals surface area (Å²) in [6.07, 6.45) is 6.12. The minimum Gasteiger partial charge on any atom is -0.354 e. The fourth-order valence-electron chi connectivity index (χ4n) is 3.76. The normalized spacial score (nSPS) is 16.9. The average Bonchev–Trinajstić information content (AvgIpc) is 3.03. The molecule has 1 aliphatic rings. The van der Waals surface area contributed by atoms with Gasteiger partial charge >= 0.3 is 5.69 Å². The molecule has 8 heteroatoms. The molecule has 0 radical (unpaired) electrons. The number of amides is 1. The lowest BCUT2D eigenvalue weighted by Gasteiger charge is -2.34. The van der Waals surface area contributed by atoms with Gasteiger partial charge in [-0.2, -0.15) is 4.98 Å². The Hall–Kier alpha value is -3.16. The Morgan fingerprint density at radius 1 is 1.21 bits per heavy atom. The maximum absolute atomic E-state index is 12.6. The third-order valence-electron chi connectivity index (χ3n) is 5.48. The highest BCUT2D eigenvalue weighted by Crippen LogP contribution is 2.22. The van der Waals surface area contributed by atoms with Crippen LogP contribution in [0.25, 0.3) is 5.78 Å². The third kappa shape index (κ3) is 4.01. The van der Waals surface area contributed by atoms with E-state index >= 15 is 0 Å². The van der Waals surface area contributed by atoms with Gasteiger partial charge in [0.15, 0.2) is 0 Å². The zero-order valence-corrected chi connectivity index (χ0v) is 16.8. The molecule has 0 spiro atoms. The summed E-state index contributed by atoms with van der Waals surface area (Å²) in [5.74, 6) is 0.831. The number of benzene rings is 1. The number of rotatable bonds is 5. The van der Waals surface area contributed by atoms with E-state index < -0.39 is 0 Å². The first-order valence-electron chi connectivity index (χ1n) is 10.2. The zero-order chi connectivity index (χ0) is 20.4. The van der Waals surface area contributed by atoms with Crippen LogP contribution >= 0.6 is 0 Å². The van der Waals surface area contributed by atoms with Crippen molar-refractivity contribution >= 4 is 23.2 Å². The first kappa shape index (κ1) is 19.2. The summed E-state index contributed by atoms with van der Waals surface area (Å²) in [5, 5.41) is 7.08. The van der Waals surface area contributed by atoms with Gasteiger partial charge in [0.05, 0.1) is 0 Å². The Bertz CT molecular complexity index is 1070. The monoisotopic (exact) mass is 394 g/mol. The van der Waals surface area contributed by atoms with Gasteiger partial charge in [-0.3, -0.25) is 4.79 Å². The van der Waals surface area contributed by atoms with E-state index in [4.69, 9.17) is 0 Å². The largest absolute Gasteiger partial charge is 0.354 e. The predicted molar refractivity (Wildman–Crippen MR) is 112 cm³/mol. The lowest BCUT2D eigenvalue weighted by Crippen LogP contribution is -2.38. The Labute approximate surface area is 169 Å². The van der Waals surface area contributed by atoms with Crippen LogP contribution in [0.2, 0.25) is 0 Å². The number of nitrogens with zero attached hydrogens (tertiary/aromatic N) is 5.